The van der Waals surface area contributed by atoms with Crippen molar-refractivity contribution < 1.29 is 14.7 Å². The van der Waals surface area contributed by atoms with Gasteiger partial charge in [0.25, 0.3) is 0 Å². The Bertz CT molecular complexity index is 1200. The van der Waals surface area contributed by atoms with Crippen molar-refractivity contribution >= 4 is 17.7 Å². The molecule has 0 saturated carbocycles. The number of benzene rings is 1. The quantitative estimate of drug-likeness (QED) is 0.607. The maximum atomic E-state index is 13.3. The predicted molar refractivity (Wildman–Crippen MR) is 132 cm³/mol. The second-order valence-corrected chi connectivity index (χ2v) is 9.43. The van der Waals surface area contributed by atoms with Crippen LogP contribution >= 0.6 is 0 Å². The van der Waals surface area contributed by atoms with Crippen LogP contribution in [-0.2, 0) is 17.8 Å². The molecule has 2 atom stereocenters. The molecule has 5 rings (SSSR count). The van der Waals surface area contributed by atoms with Crippen molar-refractivity contribution in [2.45, 2.75) is 38.9 Å². The first-order valence-electron chi connectivity index (χ1n) is 12.0. The molecule has 0 aliphatic carbocycles. The third-order valence-electron chi connectivity index (χ3n) is 6.97. The fourth-order valence-corrected chi connectivity index (χ4v) is 5.05. The number of carboxylic acids is 1. The molecule has 2 aliphatic rings. The Balaban J connectivity index is 1.21. The number of para-hydroxylation sites is 1. The molecule has 1 fully saturated rings. The number of carbonyl (C=O) groups excluding carboxylic acids is 1. The van der Waals surface area contributed by atoms with E-state index in [4.69, 9.17) is 10.2 Å². The molecule has 182 valence electrons. The monoisotopic (exact) mass is 474 g/mol. The van der Waals surface area contributed by atoms with Gasteiger partial charge in [-0.05, 0) is 38.1 Å². The van der Waals surface area contributed by atoms with Gasteiger partial charge in [0.2, 0.25) is 5.91 Å². The number of nitrogens with zero attached hydrogens (tertiary/aromatic N) is 6. The maximum Gasteiger partial charge on any atom is 0.337 e. The molecule has 1 N–H and O–H groups in total. The standard InChI is InChI=1S/C26H30N6O3/c1-18-13-30(24-9-8-20(12-27-24)26(34)35)14-19(2)31(18)17-25(33)29-11-10-23-21(15-29)16-32(28-23)22-6-4-3-5-7-22/h3-9,12,16,18-19H,10-11,13-15,17H2,1-2H3,(H,34,35)/t18-,19+. The summed E-state index contributed by atoms with van der Waals surface area (Å²) in [6, 6.07) is 13.7. The molecule has 0 bridgehead atoms. The Morgan fingerprint density at radius 1 is 1.06 bits per heavy atom. The van der Waals surface area contributed by atoms with Crippen LogP contribution in [0.3, 0.4) is 0 Å². The van der Waals surface area contributed by atoms with Crippen molar-refractivity contribution in [2.75, 3.05) is 31.1 Å². The van der Waals surface area contributed by atoms with E-state index in [0.717, 1.165) is 42.3 Å². The first-order valence-corrected chi connectivity index (χ1v) is 12.0. The minimum atomic E-state index is -0.980. The highest BCUT2D eigenvalue weighted by Gasteiger charge is 2.33. The van der Waals surface area contributed by atoms with Gasteiger partial charge in [0.1, 0.15) is 5.82 Å². The lowest BCUT2D eigenvalue weighted by Gasteiger charge is -2.45. The molecular formula is C26H30N6O3. The highest BCUT2D eigenvalue weighted by atomic mass is 16.4. The topological polar surface area (TPSA) is 94.8 Å². The number of anilines is 1. The van der Waals surface area contributed by atoms with Gasteiger partial charge in [-0.3, -0.25) is 9.69 Å². The molecule has 3 aromatic rings. The number of aromatic nitrogens is 3. The van der Waals surface area contributed by atoms with Crippen molar-refractivity contribution in [3.05, 3.63) is 71.7 Å². The summed E-state index contributed by atoms with van der Waals surface area (Å²) in [7, 11) is 0. The second-order valence-electron chi connectivity index (χ2n) is 9.43. The van der Waals surface area contributed by atoms with Crippen LogP contribution in [0.5, 0.6) is 0 Å². The number of pyridine rings is 1. The van der Waals surface area contributed by atoms with Crippen LogP contribution in [0, 0.1) is 0 Å². The summed E-state index contributed by atoms with van der Waals surface area (Å²) >= 11 is 0. The van der Waals surface area contributed by atoms with Crippen molar-refractivity contribution in [1.29, 1.82) is 0 Å². The molecule has 1 amide bonds. The highest BCUT2D eigenvalue weighted by molar-refractivity contribution is 5.87. The summed E-state index contributed by atoms with van der Waals surface area (Å²) in [4.78, 5) is 35.1. The summed E-state index contributed by atoms with van der Waals surface area (Å²) < 4.78 is 1.90. The van der Waals surface area contributed by atoms with Crippen LogP contribution in [0.4, 0.5) is 5.82 Å². The zero-order valence-corrected chi connectivity index (χ0v) is 20.0. The lowest BCUT2D eigenvalue weighted by atomic mass is 10.1. The van der Waals surface area contributed by atoms with E-state index >= 15 is 0 Å². The van der Waals surface area contributed by atoms with Crippen molar-refractivity contribution in [1.82, 2.24) is 24.6 Å². The minimum Gasteiger partial charge on any atom is -0.478 e. The lowest BCUT2D eigenvalue weighted by Crippen LogP contribution is -2.59. The largest absolute Gasteiger partial charge is 0.478 e. The number of hydrogen-bond acceptors (Lipinski definition) is 6. The first kappa shape index (κ1) is 23.0. The fourth-order valence-electron chi connectivity index (χ4n) is 5.05. The minimum absolute atomic E-state index is 0.138. The molecular weight excluding hydrogens is 444 g/mol. The van der Waals surface area contributed by atoms with Gasteiger partial charge in [0, 0.05) is 62.6 Å². The molecule has 2 aliphatic heterocycles. The van der Waals surface area contributed by atoms with E-state index in [-0.39, 0.29) is 23.6 Å². The van der Waals surface area contributed by atoms with Gasteiger partial charge in [-0.15, -0.1) is 0 Å². The number of piperazine rings is 1. The van der Waals surface area contributed by atoms with Crippen LogP contribution in [0.2, 0.25) is 0 Å². The van der Waals surface area contributed by atoms with Gasteiger partial charge in [0.05, 0.1) is 23.5 Å². The number of carbonyl (C=O) groups is 2. The van der Waals surface area contributed by atoms with E-state index in [1.807, 2.05) is 46.1 Å². The molecule has 0 unspecified atom stereocenters. The van der Waals surface area contributed by atoms with Crippen LogP contribution in [0.1, 0.15) is 35.5 Å². The fraction of sp³-hybridized carbons (Fsp3) is 0.385. The SMILES string of the molecule is C[C@@H]1CN(c2ccc(C(=O)O)cn2)C[C@H](C)N1CC(=O)N1CCc2nn(-c3ccccc3)cc2C1. The van der Waals surface area contributed by atoms with Crippen molar-refractivity contribution in [3.8, 4) is 5.69 Å². The van der Waals surface area contributed by atoms with E-state index in [0.29, 0.717) is 19.6 Å². The number of fused-ring (bicyclic) bond motifs is 1. The van der Waals surface area contributed by atoms with Gasteiger partial charge in [0.15, 0.2) is 0 Å². The summed E-state index contributed by atoms with van der Waals surface area (Å²) in [5.41, 5.74) is 3.37. The summed E-state index contributed by atoms with van der Waals surface area (Å²) in [5, 5.41) is 13.8. The van der Waals surface area contributed by atoms with Crippen LogP contribution in [-0.4, -0.2) is 79.8 Å². The normalized spacial score (nSPS) is 20.5. The summed E-state index contributed by atoms with van der Waals surface area (Å²) in [5.74, 6) is -0.0794. The summed E-state index contributed by atoms with van der Waals surface area (Å²) in [6.45, 7) is 7.35. The number of amides is 1. The summed E-state index contributed by atoms with van der Waals surface area (Å²) in [6.07, 6.45) is 4.20. The molecule has 1 saturated heterocycles. The zero-order chi connectivity index (χ0) is 24.5. The van der Waals surface area contributed by atoms with Crippen molar-refractivity contribution in [2.24, 2.45) is 0 Å². The number of hydrogen-bond donors (Lipinski definition) is 1. The van der Waals surface area contributed by atoms with Crippen LogP contribution in [0.25, 0.3) is 5.69 Å². The molecule has 2 aromatic heterocycles. The highest BCUT2D eigenvalue weighted by Crippen LogP contribution is 2.23. The smallest absolute Gasteiger partial charge is 0.337 e. The average Bonchev–Trinajstić information content (AvgIpc) is 3.30. The van der Waals surface area contributed by atoms with E-state index in [1.54, 1.807) is 12.1 Å². The number of rotatable bonds is 5. The second kappa shape index (κ2) is 9.50. The van der Waals surface area contributed by atoms with E-state index < -0.39 is 5.97 Å². The third-order valence-corrected chi connectivity index (χ3v) is 6.97. The van der Waals surface area contributed by atoms with Gasteiger partial charge >= 0.3 is 5.97 Å². The molecule has 9 nitrogen and oxygen atoms in total. The number of carboxylic acid groups (broad SMARTS) is 1. The maximum absolute atomic E-state index is 13.3. The third kappa shape index (κ3) is 4.77. The van der Waals surface area contributed by atoms with E-state index in [2.05, 4.69) is 28.6 Å². The predicted octanol–water partition coefficient (Wildman–Crippen LogP) is 2.45. The Morgan fingerprint density at radius 2 is 1.80 bits per heavy atom. The molecule has 35 heavy (non-hydrogen) atoms. The first-order chi connectivity index (χ1) is 16.9. The van der Waals surface area contributed by atoms with Gasteiger partial charge in [-0.25, -0.2) is 14.5 Å². The molecule has 0 radical (unpaired) electrons. The van der Waals surface area contributed by atoms with Gasteiger partial charge < -0.3 is 14.9 Å². The van der Waals surface area contributed by atoms with Crippen molar-refractivity contribution in [3.63, 3.8) is 0 Å². The number of aromatic carboxylic acids is 1. The Morgan fingerprint density at radius 3 is 2.46 bits per heavy atom. The zero-order valence-electron chi connectivity index (χ0n) is 20.0. The average molecular weight is 475 g/mol. The van der Waals surface area contributed by atoms with Crippen LogP contribution < -0.4 is 4.90 Å². The Labute approximate surface area is 204 Å². The molecule has 1 aromatic carbocycles. The Kier molecular flexibility index (Phi) is 6.25. The van der Waals surface area contributed by atoms with E-state index in [1.165, 1.54) is 6.20 Å². The Hall–Kier alpha value is -3.72. The van der Waals surface area contributed by atoms with Crippen LogP contribution in [0.15, 0.2) is 54.9 Å². The van der Waals surface area contributed by atoms with Gasteiger partial charge in [-0.2, -0.15) is 5.10 Å². The van der Waals surface area contributed by atoms with Gasteiger partial charge in [-0.1, -0.05) is 18.2 Å². The molecule has 0 spiro atoms. The molecule has 9 heteroatoms. The molecule has 4 heterocycles. The lowest BCUT2D eigenvalue weighted by molar-refractivity contribution is -0.134. The van der Waals surface area contributed by atoms with E-state index in [9.17, 15) is 9.59 Å².